The zero-order chi connectivity index (χ0) is 11.8. The lowest BCUT2D eigenvalue weighted by Gasteiger charge is -2.23. The minimum atomic E-state index is 0.680. The molecule has 1 atom stereocenters. The highest BCUT2D eigenvalue weighted by Crippen LogP contribution is 2.04. The van der Waals surface area contributed by atoms with Crippen LogP contribution in [0.15, 0.2) is 11.6 Å². The molecule has 0 aliphatic carbocycles. The van der Waals surface area contributed by atoms with Crippen molar-refractivity contribution in [3.05, 3.63) is 11.6 Å². The molecule has 0 saturated heterocycles. The minimum absolute atomic E-state index is 0.680. The van der Waals surface area contributed by atoms with Gasteiger partial charge in [0.25, 0.3) is 0 Å². The summed E-state index contributed by atoms with van der Waals surface area (Å²) in [7, 11) is 2.19. The van der Waals surface area contributed by atoms with Gasteiger partial charge in [0.1, 0.15) is 0 Å². The summed E-state index contributed by atoms with van der Waals surface area (Å²) in [6, 6.07) is 0.680. The summed E-state index contributed by atoms with van der Waals surface area (Å²) < 4.78 is 5.40. The second kappa shape index (κ2) is 7.82. The van der Waals surface area contributed by atoms with Gasteiger partial charge in [-0.3, -0.25) is 0 Å². The van der Waals surface area contributed by atoms with E-state index in [0.717, 1.165) is 39.3 Å². The van der Waals surface area contributed by atoms with E-state index in [1.54, 1.807) is 0 Å². The van der Waals surface area contributed by atoms with E-state index in [4.69, 9.17) is 4.74 Å². The monoisotopic (exact) mass is 226 g/mol. The molecule has 0 aromatic carbocycles. The standard InChI is InChI=1S/C13H26N2O/c1-4-12(2)15(3)8-7-14-10-13-6-5-9-16-11-13/h6,12,14H,4-5,7-11H2,1-3H3. The molecular weight excluding hydrogens is 200 g/mol. The fourth-order valence-corrected chi connectivity index (χ4v) is 1.77. The van der Waals surface area contributed by atoms with Gasteiger partial charge in [0, 0.05) is 25.7 Å². The molecule has 0 spiro atoms. The highest BCUT2D eigenvalue weighted by atomic mass is 16.5. The number of ether oxygens (including phenoxy) is 1. The second-order valence-electron chi connectivity index (χ2n) is 4.62. The Kier molecular flexibility index (Phi) is 6.69. The van der Waals surface area contributed by atoms with Crippen molar-refractivity contribution in [3.8, 4) is 0 Å². The van der Waals surface area contributed by atoms with E-state index >= 15 is 0 Å². The van der Waals surface area contributed by atoms with Gasteiger partial charge in [0.2, 0.25) is 0 Å². The predicted octanol–water partition coefficient (Wildman–Crippen LogP) is 1.65. The Morgan fingerprint density at radius 3 is 3.00 bits per heavy atom. The summed E-state index contributed by atoms with van der Waals surface area (Å²) in [4.78, 5) is 2.40. The fraction of sp³-hybridized carbons (Fsp3) is 0.846. The van der Waals surface area contributed by atoms with Gasteiger partial charge >= 0.3 is 0 Å². The van der Waals surface area contributed by atoms with Crippen molar-refractivity contribution in [2.75, 3.05) is 39.9 Å². The summed E-state index contributed by atoms with van der Waals surface area (Å²) in [5.74, 6) is 0. The predicted molar refractivity (Wildman–Crippen MR) is 68.8 cm³/mol. The normalized spacial score (nSPS) is 18.6. The second-order valence-corrected chi connectivity index (χ2v) is 4.62. The molecule has 0 aromatic heterocycles. The molecule has 1 N–H and O–H groups in total. The molecule has 3 heteroatoms. The maximum absolute atomic E-state index is 5.40. The average Bonchev–Trinajstić information content (AvgIpc) is 2.34. The first-order valence-electron chi connectivity index (χ1n) is 6.40. The van der Waals surface area contributed by atoms with Gasteiger partial charge < -0.3 is 15.0 Å². The van der Waals surface area contributed by atoms with Gasteiger partial charge in [0.05, 0.1) is 13.2 Å². The lowest BCUT2D eigenvalue weighted by Crippen LogP contribution is -2.35. The number of likely N-dealkylation sites (N-methyl/N-ethyl adjacent to an activating group) is 1. The first-order chi connectivity index (χ1) is 7.74. The van der Waals surface area contributed by atoms with Crippen LogP contribution in [0.3, 0.4) is 0 Å². The Bertz CT molecular complexity index is 216. The maximum atomic E-state index is 5.40. The van der Waals surface area contributed by atoms with Gasteiger partial charge in [0.15, 0.2) is 0 Å². The Hall–Kier alpha value is -0.380. The molecule has 94 valence electrons. The zero-order valence-corrected chi connectivity index (χ0v) is 11.0. The molecule has 0 amide bonds. The third kappa shape index (κ3) is 5.10. The van der Waals surface area contributed by atoms with Gasteiger partial charge in [-0.05, 0) is 32.4 Å². The van der Waals surface area contributed by atoms with Gasteiger partial charge in [-0.25, -0.2) is 0 Å². The van der Waals surface area contributed by atoms with Crippen LogP contribution >= 0.6 is 0 Å². The quantitative estimate of drug-likeness (QED) is 0.528. The average molecular weight is 226 g/mol. The third-order valence-corrected chi connectivity index (χ3v) is 3.32. The van der Waals surface area contributed by atoms with Crippen molar-refractivity contribution >= 4 is 0 Å². The Morgan fingerprint density at radius 2 is 2.38 bits per heavy atom. The molecular formula is C13H26N2O. The number of hydrogen-bond acceptors (Lipinski definition) is 3. The van der Waals surface area contributed by atoms with E-state index in [-0.39, 0.29) is 0 Å². The highest BCUT2D eigenvalue weighted by molar-refractivity contribution is 5.06. The van der Waals surface area contributed by atoms with Crippen molar-refractivity contribution in [3.63, 3.8) is 0 Å². The maximum Gasteiger partial charge on any atom is 0.0689 e. The van der Waals surface area contributed by atoms with Crippen LogP contribution in [0.25, 0.3) is 0 Å². The molecule has 1 heterocycles. The van der Waals surface area contributed by atoms with E-state index in [2.05, 4.69) is 37.2 Å². The largest absolute Gasteiger partial charge is 0.377 e. The smallest absolute Gasteiger partial charge is 0.0689 e. The SMILES string of the molecule is CCC(C)N(C)CCNCC1=CCCOC1. The van der Waals surface area contributed by atoms with Crippen LogP contribution in [-0.4, -0.2) is 50.8 Å². The van der Waals surface area contributed by atoms with Crippen molar-refractivity contribution in [2.24, 2.45) is 0 Å². The molecule has 0 radical (unpaired) electrons. The molecule has 16 heavy (non-hydrogen) atoms. The van der Waals surface area contributed by atoms with Crippen molar-refractivity contribution in [2.45, 2.75) is 32.7 Å². The van der Waals surface area contributed by atoms with E-state index < -0.39 is 0 Å². The molecule has 0 aromatic rings. The molecule has 1 unspecified atom stereocenters. The van der Waals surface area contributed by atoms with E-state index in [1.165, 1.54) is 12.0 Å². The van der Waals surface area contributed by atoms with Crippen molar-refractivity contribution in [1.82, 2.24) is 10.2 Å². The molecule has 0 bridgehead atoms. The van der Waals surface area contributed by atoms with E-state index in [9.17, 15) is 0 Å². The van der Waals surface area contributed by atoms with Crippen LogP contribution in [0.1, 0.15) is 26.7 Å². The van der Waals surface area contributed by atoms with Crippen molar-refractivity contribution in [1.29, 1.82) is 0 Å². The van der Waals surface area contributed by atoms with E-state index in [0.29, 0.717) is 6.04 Å². The molecule has 3 nitrogen and oxygen atoms in total. The minimum Gasteiger partial charge on any atom is -0.377 e. The van der Waals surface area contributed by atoms with Crippen LogP contribution in [-0.2, 0) is 4.74 Å². The lowest BCUT2D eigenvalue weighted by atomic mass is 10.2. The van der Waals surface area contributed by atoms with Crippen LogP contribution < -0.4 is 5.32 Å². The lowest BCUT2D eigenvalue weighted by molar-refractivity contribution is 0.148. The Labute approximate surface area is 99.8 Å². The van der Waals surface area contributed by atoms with Gasteiger partial charge in [-0.15, -0.1) is 0 Å². The topological polar surface area (TPSA) is 24.5 Å². The number of hydrogen-bond donors (Lipinski definition) is 1. The first-order valence-corrected chi connectivity index (χ1v) is 6.40. The summed E-state index contributed by atoms with van der Waals surface area (Å²) >= 11 is 0. The summed E-state index contributed by atoms with van der Waals surface area (Å²) in [5.41, 5.74) is 1.40. The third-order valence-electron chi connectivity index (χ3n) is 3.32. The van der Waals surface area contributed by atoms with Gasteiger partial charge in [-0.1, -0.05) is 13.0 Å². The van der Waals surface area contributed by atoms with Gasteiger partial charge in [-0.2, -0.15) is 0 Å². The van der Waals surface area contributed by atoms with Crippen molar-refractivity contribution < 1.29 is 4.74 Å². The van der Waals surface area contributed by atoms with Crippen LogP contribution in [0.5, 0.6) is 0 Å². The summed E-state index contributed by atoms with van der Waals surface area (Å²) in [6.07, 6.45) is 4.59. The fourth-order valence-electron chi connectivity index (χ4n) is 1.77. The number of nitrogens with zero attached hydrogens (tertiary/aromatic N) is 1. The Balaban J connectivity index is 2.05. The first kappa shape index (κ1) is 13.7. The summed E-state index contributed by atoms with van der Waals surface area (Å²) in [6.45, 7) is 9.36. The van der Waals surface area contributed by atoms with E-state index in [1.807, 2.05) is 0 Å². The molecule has 0 fully saturated rings. The number of rotatable bonds is 7. The molecule has 1 aliphatic heterocycles. The van der Waals surface area contributed by atoms with Crippen LogP contribution in [0, 0.1) is 0 Å². The Morgan fingerprint density at radius 1 is 1.56 bits per heavy atom. The summed E-state index contributed by atoms with van der Waals surface area (Å²) in [5, 5.41) is 3.48. The molecule has 0 saturated carbocycles. The molecule has 1 rings (SSSR count). The zero-order valence-electron chi connectivity index (χ0n) is 11.0. The highest BCUT2D eigenvalue weighted by Gasteiger charge is 2.06. The number of nitrogens with one attached hydrogen (secondary N) is 1. The molecule has 1 aliphatic rings. The van der Waals surface area contributed by atoms with Crippen LogP contribution in [0.4, 0.5) is 0 Å². The van der Waals surface area contributed by atoms with Crippen LogP contribution in [0.2, 0.25) is 0 Å².